The lowest BCUT2D eigenvalue weighted by Gasteiger charge is -2.41. The van der Waals surface area contributed by atoms with Gasteiger partial charge in [0.2, 0.25) is 5.91 Å². The van der Waals surface area contributed by atoms with E-state index in [-0.39, 0.29) is 18.6 Å². The minimum absolute atomic E-state index is 0.00327. The Hall–Kier alpha value is -0.730. The molecule has 0 saturated carbocycles. The minimum Gasteiger partial charge on any atom is -0.389 e. The molecule has 0 spiro atoms. The molecule has 2 rings (SSSR count). The molecule has 2 aliphatic rings. The Balaban J connectivity index is 1.81. The Morgan fingerprint density at radius 3 is 2.48 bits per heavy atom. The van der Waals surface area contributed by atoms with Crippen molar-refractivity contribution in [3.05, 3.63) is 0 Å². The lowest BCUT2D eigenvalue weighted by molar-refractivity contribution is -0.138. The molecule has 134 valence electrons. The first-order valence-electron chi connectivity index (χ1n) is 8.42. The molecular formula is C16H31N3O4. The molecule has 0 aromatic carbocycles. The Labute approximate surface area is 138 Å². The number of aliphatic hydroxyl groups excluding tert-OH is 2. The Kier molecular flexibility index (Phi) is 6.02. The highest BCUT2D eigenvalue weighted by molar-refractivity contribution is 5.85. The summed E-state index contributed by atoms with van der Waals surface area (Å²) in [5, 5.41) is 19.8. The summed E-state index contributed by atoms with van der Waals surface area (Å²) in [5.41, 5.74) is 5.07. The number of rotatable bonds is 4. The van der Waals surface area contributed by atoms with E-state index in [0.717, 1.165) is 32.5 Å². The maximum Gasteiger partial charge on any atom is 0.242 e. The average Bonchev–Trinajstić information content (AvgIpc) is 2.49. The predicted octanol–water partition coefficient (Wildman–Crippen LogP) is -0.985. The zero-order chi connectivity index (χ0) is 17.2. The maximum absolute atomic E-state index is 12.2. The van der Waals surface area contributed by atoms with Gasteiger partial charge in [0.25, 0.3) is 0 Å². The van der Waals surface area contributed by atoms with Crippen LogP contribution in [-0.2, 0) is 9.53 Å². The van der Waals surface area contributed by atoms with Crippen LogP contribution in [0.3, 0.4) is 0 Å². The smallest absolute Gasteiger partial charge is 0.242 e. The molecule has 23 heavy (non-hydrogen) atoms. The number of carbonyl (C=O) groups excluding carboxylic acids is 1. The van der Waals surface area contributed by atoms with Crippen LogP contribution in [0.5, 0.6) is 0 Å². The number of nitrogens with two attached hydrogens (primary N) is 1. The molecule has 2 fully saturated rings. The zero-order valence-corrected chi connectivity index (χ0v) is 14.4. The van der Waals surface area contributed by atoms with Crippen LogP contribution in [0.15, 0.2) is 0 Å². The number of amides is 1. The van der Waals surface area contributed by atoms with Crippen LogP contribution in [0.25, 0.3) is 0 Å². The zero-order valence-electron chi connectivity index (χ0n) is 14.4. The highest BCUT2D eigenvalue weighted by Crippen LogP contribution is 2.22. The third kappa shape index (κ3) is 4.64. The number of hydrogen-bond donors (Lipinski definition) is 3. The predicted molar refractivity (Wildman–Crippen MR) is 86.8 cm³/mol. The third-order valence-corrected chi connectivity index (χ3v) is 4.93. The van der Waals surface area contributed by atoms with Crippen molar-refractivity contribution in [3.8, 4) is 0 Å². The molecule has 3 atom stereocenters. The summed E-state index contributed by atoms with van der Waals surface area (Å²) in [7, 11) is 1.95. The van der Waals surface area contributed by atoms with Crippen molar-refractivity contribution in [2.24, 2.45) is 11.7 Å². The first-order valence-corrected chi connectivity index (χ1v) is 8.42. The number of aliphatic hydroxyl groups is 2. The number of likely N-dealkylation sites (tertiary alicyclic amines) is 1. The van der Waals surface area contributed by atoms with Crippen LogP contribution in [-0.4, -0.2) is 89.6 Å². The number of ether oxygens (including phenoxy) is 1. The van der Waals surface area contributed by atoms with Gasteiger partial charge in [0.1, 0.15) is 6.10 Å². The molecule has 2 heterocycles. The molecule has 0 radical (unpaired) electrons. The Bertz CT molecular complexity index is 405. The molecule has 2 saturated heterocycles. The number of nitrogens with zero attached hydrogens (tertiary/aromatic N) is 2. The standard InChI is InChI=1S/C16H31N3O4/c1-16(2,17)15(22)19-6-4-11(5-7-19)8-18(3)12-9-23-10-13(20)14(12)21/h11-14,20-21H,4-10,17H2,1-3H3/t12-,13-,14+/m1/s1. The monoisotopic (exact) mass is 329 g/mol. The fraction of sp³-hybridized carbons (Fsp3) is 0.938. The maximum atomic E-state index is 12.2. The van der Waals surface area contributed by atoms with Crippen LogP contribution in [0.2, 0.25) is 0 Å². The van der Waals surface area contributed by atoms with Gasteiger partial charge in [-0.1, -0.05) is 0 Å². The fourth-order valence-corrected chi connectivity index (χ4v) is 3.42. The van der Waals surface area contributed by atoms with Crippen molar-refractivity contribution < 1.29 is 19.7 Å². The minimum atomic E-state index is -0.817. The van der Waals surface area contributed by atoms with E-state index < -0.39 is 17.7 Å². The molecule has 0 aromatic rings. The first kappa shape index (κ1) is 18.6. The van der Waals surface area contributed by atoms with Gasteiger partial charge >= 0.3 is 0 Å². The fourth-order valence-electron chi connectivity index (χ4n) is 3.42. The van der Waals surface area contributed by atoms with Gasteiger partial charge in [0, 0.05) is 19.6 Å². The van der Waals surface area contributed by atoms with Crippen LogP contribution in [0.4, 0.5) is 0 Å². The van der Waals surface area contributed by atoms with E-state index in [0.29, 0.717) is 12.5 Å². The van der Waals surface area contributed by atoms with Crippen molar-refractivity contribution in [1.82, 2.24) is 9.80 Å². The summed E-state index contributed by atoms with van der Waals surface area (Å²) in [6.07, 6.45) is 0.271. The summed E-state index contributed by atoms with van der Waals surface area (Å²) >= 11 is 0. The third-order valence-electron chi connectivity index (χ3n) is 4.93. The number of carbonyl (C=O) groups is 1. The largest absolute Gasteiger partial charge is 0.389 e. The molecule has 0 bridgehead atoms. The summed E-state index contributed by atoms with van der Waals surface area (Å²) in [5.74, 6) is 0.472. The van der Waals surface area contributed by atoms with Crippen LogP contribution < -0.4 is 5.73 Å². The molecule has 1 amide bonds. The van der Waals surface area contributed by atoms with Gasteiger partial charge in [-0.05, 0) is 39.7 Å². The second kappa shape index (κ2) is 7.44. The lowest BCUT2D eigenvalue weighted by atomic mass is 9.93. The lowest BCUT2D eigenvalue weighted by Crippen LogP contribution is -2.56. The van der Waals surface area contributed by atoms with E-state index in [2.05, 4.69) is 4.90 Å². The highest BCUT2D eigenvalue weighted by atomic mass is 16.5. The van der Waals surface area contributed by atoms with E-state index in [1.54, 1.807) is 13.8 Å². The molecule has 4 N–H and O–H groups in total. The van der Waals surface area contributed by atoms with Crippen molar-refractivity contribution in [2.45, 2.75) is 50.5 Å². The highest BCUT2D eigenvalue weighted by Gasteiger charge is 2.36. The summed E-state index contributed by atoms with van der Waals surface area (Å²) in [6.45, 7) is 6.39. The van der Waals surface area contributed by atoms with Gasteiger partial charge in [-0.15, -0.1) is 0 Å². The van der Waals surface area contributed by atoms with Crippen molar-refractivity contribution in [3.63, 3.8) is 0 Å². The molecule has 0 unspecified atom stereocenters. The van der Waals surface area contributed by atoms with Crippen LogP contribution in [0.1, 0.15) is 26.7 Å². The van der Waals surface area contributed by atoms with Gasteiger partial charge < -0.3 is 25.6 Å². The molecule has 2 aliphatic heterocycles. The topological polar surface area (TPSA) is 99.3 Å². The molecule has 7 heteroatoms. The van der Waals surface area contributed by atoms with Crippen LogP contribution in [0, 0.1) is 5.92 Å². The van der Waals surface area contributed by atoms with E-state index in [1.807, 2.05) is 11.9 Å². The normalized spacial score (nSPS) is 30.7. The van der Waals surface area contributed by atoms with Gasteiger partial charge in [0.05, 0.1) is 30.9 Å². The average molecular weight is 329 g/mol. The summed E-state index contributed by atoms with van der Waals surface area (Å²) in [4.78, 5) is 16.1. The number of hydrogen-bond acceptors (Lipinski definition) is 6. The quantitative estimate of drug-likeness (QED) is 0.613. The molecular weight excluding hydrogens is 298 g/mol. The number of piperidine rings is 1. The van der Waals surface area contributed by atoms with E-state index in [4.69, 9.17) is 10.5 Å². The van der Waals surface area contributed by atoms with Gasteiger partial charge in [0.15, 0.2) is 0 Å². The number of likely N-dealkylation sites (N-methyl/N-ethyl adjacent to an activating group) is 1. The SMILES string of the molecule is CN(CC1CCN(C(=O)C(C)(C)N)CC1)[C@@H]1COC[C@@H](O)[C@H]1O. The van der Waals surface area contributed by atoms with E-state index >= 15 is 0 Å². The molecule has 7 nitrogen and oxygen atoms in total. The molecule has 0 aromatic heterocycles. The Morgan fingerprint density at radius 1 is 1.30 bits per heavy atom. The first-order chi connectivity index (χ1) is 10.7. The summed E-state index contributed by atoms with van der Waals surface area (Å²) < 4.78 is 5.34. The van der Waals surface area contributed by atoms with Gasteiger partial charge in [-0.2, -0.15) is 0 Å². The van der Waals surface area contributed by atoms with E-state index in [9.17, 15) is 15.0 Å². The summed E-state index contributed by atoms with van der Waals surface area (Å²) in [6, 6.07) is -0.179. The molecule has 0 aliphatic carbocycles. The van der Waals surface area contributed by atoms with Crippen molar-refractivity contribution >= 4 is 5.91 Å². The van der Waals surface area contributed by atoms with Gasteiger partial charge in [-0.25, -0.2) is 0 Å². The van der Waals surface area contributed by atoms with Crippen LogP contribution >= 0.6 is 0 Å². The van der Waals surface area contributed by atoms with Crippen molar-refractivity contribution in [2.75, 3.05) is 39.9 Å². The Morgan fingerprint density at radius 2 is 1.91 bits per heavy atom. The van der Waals surface area contributed by atoms with E-state index in [1.165, 1.54) is 0 Å². The van der Waals surface area contributed by atoms with Gasteiger partial charge in [-0.3, -0.25) is 9.69 Å². The second-order valence-electron chi connectivity index (χ2n) is 7.56. The van der Waals surface area contributed by atoms with Crippen molar-refractivity contribution in [1.29, 1.82) is 0 Å². The second-order valence-corrected chi connectivity index (χ2v) is 7.56.